The summed E-state index contributed by atoms with van der Waals surface area (Å²) in [6, 6.07) is 0.351. The van der Waals surface area contributed by atoms with Crippen molar-refractivity contribution in [3.05, 3.63) is 21.4 Å². The molecule has 1 aliphatic rings. The highest BCUT2D eigenvalue weighted by Crippen LogP contribution is 2.29. The Kier molecular flexibility index (Phi) is 4.05. The molecule has 1 unspecified atom stereocenters. The van der Waals surface area contributed by atoms with Crippen LogP contribution in [0, 0.1) is 0 Å². The fourth-order valence-corrected chi connectivity index (χ4v) is 3.02. The van der Waals surface area contributed by atoms with Crippen molar-refractivity contribution < 1.29 is 0 Å². The van der Waals surface area contributed by atoms with Gasteiger partial charge >= 0.3 is 0 Å². The molecule has 1 aliphatic carbocycles. The van der Waals surface area contributed by atoms with E-state index in [-0.39, 0.29) is 0 Å². The van der Waals surface area contributed by atoms with Crippen LogP contribution in [0.2, 0.25) is 0 Å². The number of rotatable bonds is 3. The molecule has 0 aromatic carbocycles. The molecule has 0 saturated heterocycles. The van der Waals surface area contributed by atoms with Crippen LogP contribution in [0.4, 0.5) is 0 Å². The summed E-state index contributed by atoms with van der Waals surface area (Å²) in [5.74, 6) is 0. The second-order valence-electron chi connectivity index (χ2n) is 4.62. The molecule has 2 N–H and O–H groups in total. The van der Waals surface area contributed by atoms with Crippen LogP contribution in [0.1, 0.15) is 44.5 Å². The zero-order valence-electron chi connectivity index (χ0n) is 10.5. The molecular weight excluding hydrogens is 278 g/mol. The highest BCUT2D eigenvalue weighted by molar-refractivity contribution is 9.10. The van der Waals surface area contributed by atoms with Crippen molar-refractivity contribution in [1.82, 2.24) is 9.78 Å². The molecule has 3 nitrogen and oxygen atoms in total. The van der Waals surface area contributed by atoms with Gasteiger partial charge in [0.2, 0.25) is 0 Å². The van der Waals surface area contributed by atoms with Crippen molar-refractivity contribution >= 4 is 22.0 Å². The first-order valence-corrected chi connectivity index (χ1v) is 7.15. The van der Waals surface area contributed by atoms with Gasteiger partial charge in [0.05, 0.1) is 15.9 Å². The topological polar surface area (TPSA) is 43.8 Å². The predicted octanol–water partition coefficient (Wildman–Crippen LogP) is 3.12. The molecule has 4 heteroatoms. The lowest BCUT2D eigenvalue weighted by molar-refractivity contribution is 0.642. The van der Waals surface area contributed by atoms with E-state index in [0.29, 0.717) is 6.04 Å². The standard InChI is InChI=1S/C13H20BrN3/c1-3-11-13(14)12(17(4-2)16-11)8-9-5-6-10(15)7-9/h8,10H,3-7,15H2,1-2H3/b9-8+. The van der Waals surface area contributed by atoms with Crippen LogP contribution in [0.15, 0.2) is 10.0 Å². The summed E-state index contributed by atoms with van der Waals surface area (Å²) in [7, 11) is 0. The zero-order chi connectivity index (χ0) is 12.4. The summed E-state index contributed by atoms with van der Waals surface area (Å²) in [5, 5.41) is 4.60. The van der Waals surface area contributed by atoms with Gasteiger partial charge < -0.3 is 5.73 Å². The number of aryl methyl sites for hydroxylation is 2. The Morgan fingerprint density at radius 3 is 2.82 bits per heavy atom. The Morgan fingerprint density at radius 2 is 2.29 bits per heavy atom. The monoisotopic (exact) mass is 297 g/mol. The summed E-state index contributed by atoms with van der Waals surface area (Å²) in [6.07, 6.45) is 6.51. The highest BCUT2D eigenvalue weighted by Gasteiger charge is 2.18. The lowest BCUT2D eigenvalue weighted by Gasteiger charge is -2.02. The number of nitrogens with two attached hydrogens (primary N) is 1. The summed E-state index contributed by atoms with van der Waals surface area (Å²) >= 11 is 3.67. The van der Waals surface area contributed by atoms with Crippen LogP contribution >= 0.6 is 15.9 Å². The molecule has 1 saturated carbocycles. The van der Waals surface area contributed by atoms with E-state index >= 15 is 0 Å². The van der Waals surface area contributed by atoms with Crippen molar-refractivity contribution in [3.63, 3.8) is 0 Å². The third kappa shape index (κ3) is 2.63. The van der Waals surface area contributed by atoms with Crippen molar-refractivity contribution in [2.75, 3.05) is 0 Å². The van der Waals surface area contributed by atoms with Gasteiger partial charge in [-0.3, -0.25) is 4.68 Å². The molecule has 0 bridgehead atoms. The van der Waals surface area contributed by atoms with Gasteiger partial charge in [-0.05, 0) is 54.6 Å². The van der Waals surface area contributed by atoms with E-state index in [1.165, 1.54) is 11.3 Å². The van der Waals surface area contributed by atoms with Gasteiger partial charge in [0.15, 0.2) is 0 Å². The summed E-state index contributed by atoms with van der Waals surface area (Å²) in [5.41, 5.74) is 9.74. The van der Waals surface area contributed by atoms with Crippen molar-refractivity contribution in [2.24, 2.45) is 5.73 Å². The van der Waals surface area contributed by atoms with Gasteiger partial charge in [-0.2, -0.15) is 5.10 Å². The smallest absolute Gasteiger partial charge is 0.0770 e. The average molecular weight is 298 g/mol. The van der Waals surface area contributed by atoms with Crippen LogP contribution in [0.5, 0.6) is 0 Å². The van der Waals surface area contributed by atoms with E-state index in [1.807, 2.05) is 0 Å². The first-order chi connectivity index (χ1) is 8.15. The van der Waals surface area contributed by atoms with Crippen LogP contribution in [0.25, 0.3) is 6.08 Å². The van der Waals surface area contributed by atoms with Crippen LogP contribution in [-0.4, -0.2) is 15.8 Å². The van der Waals surface area contributed by atoms with E-state index < -0.39 is 0 Å². The summed E-state index contributed by atoms with van der Waals surface area (Å²) < 4.78 is 3.22. The second-order valence-corrected chi connectivity index (χ2v) is 5.41. The SMILES string of the molecule is CCc1nn(CC)c(/C=C2\CCC(N)C2)c1Br. The Bertz CT molecular complexity index is 434. The Labute approximate surface area is 111 Å². The number of hydrogen-bond donors (Lipinski definition) is 1. The van der Waals surface area contributed by atoms with Crippen LogP contribution in [0.3, 0.4) is 0 Å². The van der Waals surface area contributed by atoms with Crippen molar-refractivity contribution in [1.29, 1.82) is 0 Å². The molecule has 2 rings (SSSR count). The van der Waals surface area contributed by atoms with Crippen LogP contribution in [-0.2, 0) is 13.0 Å². The maximum Gasteiger partial charge on any atom is 0.0770 e. The lowest BCUT2D eigenvalue weighted by atomic mass is 10.1. The van der Waals surface area contributed by atoms with Crippen molar-refractivity contribution in [2.45, 2.75) is 52.1 Å². The highest BCUT2D eigenvalue weighted by atomic mass is 79.9. The maximum atomic E-state index is 5.94. The number of nitrogens with zero attached hydrogens (tertiary/aromatic N) is 2. The van der Waals surface area contributed by atoms with Gasteiger partial charge in [0.25, 0.3) is 0 Å². The molecular formula is C13H20BrN3. The van der Waals surface area contributed by atoms with E-state index in [0.717, 1.165) is 42.4 Å². The normalized spacial score (nSPS) is 22.6. The van der Waals surface area contributed by atoms with Gasteiger partial charge in [-0.25, -0.2) is 0 Å². The first-order valence-electron chi connectivity index (χ1n) is 6.35. The minimum absolute atomic E-state index is 0.351. The molecule has 0 radical (unpaired) electrons. The molecule has 1 aromatic heterocycles. The Morgan fingerprint density at radius 1 is 1.53 bits per heavy atom. The van der Waals surface area contributed by atoms with Crippen molar-refractivity contribution in [3.8, 4) is 0 Å². The van der Waals surface area contributed by atoms with Gasteiger partial charge in [0.1, 0.15) is 0 Å². The van der Waals surface area contributed by atoms with Gasteiger partial charge in [-0.15, -0.1) is 0 Å². The van der Waals surface area contributed by atoms with Gasteiger partial charge in [-0.1, -0.05) is 12.5 Å². The minimum Gasteiger partial charge on any atom is -0.327 e. The minimum atomic E-state index is 0.351. The quantitative estimate of drug-likeness (QED) is 0.931. The molecule has 1 heterocycles. The molecule has 1 aromatic rings. The van der Waals surface area contributed by atoms with E-state index in [1.54, 1.807) is 0 Å². The molecule has 0 spiro atoms. The largest absolute Gasteiger partial charge is 0.327 e. The first kappa shape index (κ1) is 12.8. The number of halogens is 1. The molecule has 0 amide bonds. The maximum absolute atomic E-state index is 5.94. The molecule has 17 heavy (non-hydrogen) atoms. The third-order valence-electron chi connectivity index (χ3n) is 3.33. The second kappa shape index (κ2) is 5.36. The molecule has 94 valence electrons. The summed E-state index contributed by atoms with van der Waals surface area (Å²) in [4.78, 5) is 0. The Hall–Kier alpha value is -0.610. The molecule has 1 fully saturated rings. The van der Waals surface area contributed by atoms with E-state index in [2.05, 4.69) is 45.6 Å². The molecule has 1 atom stereocenters. The number of hydrogen-bond acceptors (Lipinski definition) is 2. The van der Waals surface area contributed by atoms with E-state index in [4.69, 9.17) is 5.73 Å². The lowest BCUT2D eigenvalue weighted by Crippen LogP contribution is -2.13. The van der Waals surface area contributed by atoms with Crippen LogP contribution < -0.4 is 5.73 Å². The fourth-order valence-electron chi connectivity index (χ4n) is 2.35. The Balaban J connectivity index is 2.34. The zero-order valence-corrected chi connectivity index (χ0v) is 12.1. The fraction of sp³-hybridized carbons (Fsp3) is 0.615. The summed E-state index contributed by atoms with van der Waals surface area (Å²) in [6.45, 7) is 5.17. The number of aromatic nitrogens is 2. The van der Waals surface area contributed by atoms with Gasteiger partial charge in [0, 0.05) is 12.6 Å². The average Bonchev–Trinajstić information content (AvgIpc) is 2.85. The molecule has 0 aliphatic heterocycles. The third-order valence-corrected chi connectivity index (χ3v) is 4.20. The predicted molar refractivity (Wildman–Crippen MR) is 74.8 cm³/mol. The van der Waals surface area contributed by atoms with E-state index in [9.17, 15) is 0 Å².